The summed E-state index contributed by atoms with van der Waals surface area (Å²) in [5, 5.41) is 3.14. The molecule has 1 rings (SSSR count). The highest BCUT2D eigenvalue weighted by Crippen LogP contribution is 2.11. The monoisotopic (exact) mass is 250 g/mol. The van der Waals surface area contributed by atoms with E-state index in [1.54, 1.807) is 0 Å². The highest BCUT2D eigenvalue weighted by molar-refractivity contribution is 5.75. The van der Waals surface area contributed by atoms with Crippen molar-refractivity contribution in [1.29, 1.82) is 0 Å². The number of esters is 1. The second-order valence-corrected chi connectivity index (χ2v) is 4.18. The van der Waals surface area contributed by atoms with E-state index in [2.05, 4.69) is 22.3 Å². The average Bonchev–Trinajstić information content (AvgIpc) is 2.43. The fraction of sp³-hybridized carbons (Fsp3) is 0.500. The van der Waals surface area contributed by atoms with Gasteiger partial charge in [-0.2, -0.15) is 0 Å². The molecule has 4 nitrogen and oxygen atoms in total. The molecule has 1 N–H and O–H groups in total. The maximum absolute atomic E-state index is 11.5. The Bertz CT molecular complexity index is 354. The van der Waals surface area contributed by atoms with Crippen LogP contribution < -0.4 is 10.2 Å². The summed E-state index contributed by atoms with van der Waals surface area (Å²) in [5.74, 6) is -0.196. The standard InChI is InChI=1S/C14H22N2O2/c1-4-15-13(14(17)18-3)10-11-16(2)12-8-6-5-7-9-12/h5-9,13,15H,4,10-11H2,1-3H3. The smallest absolute Gasteiger partial charge is 0.322 e. The van der Waals surface area contributed by atoms with E-state index >= 15 is 0 Å². The molecule has 0 saturated heterocycles. The lowest BCUT2D eigenvalue weighted by Crippen LogP contribution is -2.40. The number of carbonyl (C=O) groups is 1. The molecule has 0 amide bonds. The summed E-state index contributed by atoms with van der Waals surface area (Å²) < 4.78 is 4.78. The minimum atomic E-state index is -0.230. The maximum Gasteiger partial charge on any atom is 0.322 e. The Hall–Kier alpha value is -1.55. The summed E-state index contributed by atoms with van der Waals surface area (Å²) in [6.07, 6.45) is 0.728. The van der Waals surface area contributed by atoms with Gasteiger partial charge < -0.3 is 15.0 Å². The fourth-order valence-corrected chi connectivity index (χ4v) is 1.83. The van der Waals surface area contributed by atoms with Gasteiger partial charge >= 0.3 is 5.97 Å². The van der Waals surface area contributed by atoms with Crippen molar-refractivity contribution in [2.45, 2.75) is 19.4 Å². The lowest BCUT2D eigenvalue weighted by Gasteiger charge is -2.22. The second kappa shape index (κ2) is 7.71. The number of methoxy groups -OCH3 is 1. The third-order valence-corrected chi connectivity index (χ3v) is 2.89. The summed E-state index contributed by atoms with van der Waals surface area (Å²) >= 11 is 0. The topological polar surface area (TPSA) is 41.6 Å². The zero-order chi connectivity index (χ0) is 13.4. The van der Waals surface area contributed by atoms with E-state index in [0.717, 1.165) is 25.2 Å². The molecular formula is C14H22N2O2. The van der Waals surface area contributed by atoms with E-state index in [0.29, 0.717) is 0 Å². The summed E-state index contributed by atoms with van der Waals surface area (Å²) in [5.41, 5.74) is 1.15. The third-order valence-electron chi connectivity index (χ3n) is 2.89. The quantitative estimate of drug-likeness (QED) is 0.747. The molecule has 0 radical (unpaired) electrons. The third kappa shape index (κ3) is 4.37. The minimum absolute atomic E-state index is 0.196. The molecule has 1 atom stereocenters. The van der Waals surface area contributed by atoms with Crippen molar-refractivity contribution >= 4 is 11.7 Å². The number of hydrogen-bond acceptors (Lipinski definition) is 4. The lowest BCUT2D eigenvalue weighted by molar-refractivity contribution is -0.143. The van der Waals surface area contributed by atoms with E-state index < -0.39 is 0 Å². The van der Waals surface area contributed by atoms with Crippen molar-refractivity contribution in [1.82, 2.24) is 5.32 Å². The van der Waals surface area contributed by atoms with Crippen molar-refractivity contribution in [2.24, 2.45) is 0 Å². The zero-order valence-corrected chi connectivity index (χ0v) is 11.3. The van der Waals surface area contributed by atoms with Gasteiger partial charge in [-0.3, -0.25) is 4.79 Å². The van der Waals surface area contributed by atoms with Crippen LogP contribution in [0.2, 0.25) is 0 Å². The molecule has 1 aromatic rings. The van der Waals surface area contributed by atoms with Gasteiger partial charge in [0.15, 0.2) is 0 Å². The normalized spacial score (nSPS) is 11.9. The predicted octanol–water partition coefficient (Wildman–Crippen LogP) is 1.66. The highest BCUT2D eigenvalue weighted by Gasteiger charge is 2.18. The Labute approximate surface area is 109 Å². The number of ether oxygens (including phenoxy) is 1. The van der Waals surface area contributed by atoms with Gasteiger partial charge in [0, 0.05) is 19.3 Å². The number of carbonyl (C=O) groups excluding carboxylic acids is 1. The van der Waals surface area contributed by atoms with Crippen molar-refractivity contribution in [3.63, 3.8) is 0 Å². The molecule has 0 bridgehead atoms. The maximum atomic E-state index is 11.5. The molecule has 4 heteroatoms. The van der Waals surface area contributed by atoms with E-state index in [4.69, 9.17) is 4.74 Å². The first kappa shape index (κ1) is 14.5. The SMILES string of the molecule is CCNC(CCN(C)c1ccccc1)C(=O)OC. The molecular weight excluding hydrogens is 228 g/mol. The Kier molecular flexibility index (Phi) is 6.22. The minimum Gasteiger partial charge on any atom is -0.468 e. The zero-order valence-electron chi connectivity index (χ0n) is 11.3. The van der Waals surface area contributed by atoms with Crippen LogP contribution in [0.1, 0.15) is 13.3 Å². The molecule has 0 saturated carbocycles. The van der Waals surface area contributed by atoms with Crippen molar-refractivity contribution in [2.75, 3.05) is 32.1 Å². The van der Waals surface area contributed by atoms with Crippen molar-refractivity contribution in [3.05, 3.63) is 30.3 Å². The van der Waals surface area contributed by atoms with Crippen molar-refractivity contribution in [3.8, 4) is 0 Å². The van der Waals surface area contributed by atoms with Gasteiger partial charge in [0.25, 0.3) is 0 Å². The Balaban J connectivity index is 2.49. The number of rotatable bonds is 7. The molecule has 0 fully saturated rings. The van der Waals surface area contributed by atoms with E-state index in [1.165, 1.54) is 7.11 Å². The Morgan fingerprint density at radius 1 is 1.39 bits per heavy atom. The molecule has 0 aliphatic heterocycles. The largest absolute Gasteiger partial charge is 0.468 e. The second-order valence-electron chi connectivity index (χ2n) is 4.18. The van der Waals surface area contributed by atoms with Gasteiger partial charge in [-0.1, -0.05) is 25.1 Å². The highest BCUT2D eigenvalue weighted by atomic mass is 16.5. The van der Waals surface area contributed by atoms with Crippen LogP contribution in [0.3, 0.4) is 0 Å². The fourth-order valence-electron chi connectivity index (χ4n) is 1.83. The number of nitrogens with one attached hydrogen (secondary N) is 1. The molecule has 1 unspecified atom stereocenters. The summed E-state index contributed by atoms with van der Waals surface area (Å²) in [4.78, 5) is 13.7. The number of para-hydroxylation sites is 1. The van der Waals surface area contributed by atoms with E-state index in [1.807, 2.05) is 32.2 Å². The van der Waals surface area contributed by atoms with Crippen LogP contribution >= 0.6 is 0 Å². The number of anilines is 1. The van der Waals surface area contributed by atoms with Gasteiger partial charge in [-0.05, 0) is 25.1 Å². The number of hydrogen-bond donors (Lipinski definition) is 1. The first-order valence-electron chi connectivity index (χ1n) is 6.26. The molecule has 0 aromatic heterocycles. The Morgan fingerprint density at radius 2 is 2.06 bits per heavy atom. The average molecular weight is 250 g/mol. The van der Waals surface area contributed by atoms with Gasteiger partial charge in [0.05, 0.1) is 7.11 Å². The van der Waals surface area contributed by atoms with Crippen LogP contribution in [0.5, 0.6) is 0 Å². The molecule has 0 heterocycles. The molecule has 0 aliphatic rings. The van der Waals surface area contributed by atoms with Gasteiger partial charge in [-0.25, -0.2) is 0 Å². The van der Waals surface area contributed by atoms with E-state index in [9.17, 15) is 4.79 Å². The number of likely N-dealkylation sites (N-methyl/N-ethyl adjacent to an activating group) is 1. The lowest BCUT2D eigenvalue weighted by atomic mass is 10.2. The summed E-state index contributed by atoms with van der Waals surface area (Å²) in [6.45, 7) is 3.54. The first-order chi connectivity index (χ1) is 8.69. The number of benzene rings is 1. The number of nitrogens with zero attached hydrogens (tertiary/aromatic N) is 1. The molecule has 18 heavy (non-hydrogen) atoms. The molecule has 0 spiro atoms. The summed E-state index contributed by atoms with van der Waals surface area (Å²) in [7, 11) is 3.45. The molecule has 0 aliphatic carbocycles. The van der Waals surface area contributed by atoms with E-state index in [-0.39, 0.29) is 12.0 Å². The van der Waals surface area contributed by atoms with Crippen molar-refractivity contribution < 1.29 is 9.53 Å². The van der Waals surface area contributed by atoms with Gasteiger partial charge in [0.2, 0.25) is 0 Å². The van der Waals surface area contributed by atoms with Crippen LogP contribution in [0.4, 0.5) is 5.69 Å². The van der Waals surface area contributed by atoms with Crippen LogP contribution in [0.15, 0.2) is 30.3 Å². The molecule has 1 aromatic carbocycles. The summed E-state index contributed by atoms with van der Waals surface area (Å²) in [6, 6.07) is 9.89. The van der Waals surface area contributed by atoms with Gasteiger partial charge in [-0.15, -0.1) is 0 Å². The van der Waals surface area contributed by atoms with Crippen LogP contribution in [0, 0.1) is 0 Å². The van der Waals surface area contributed by atoms with Crippen LogP contribution in [-0.2, 0) is 9.53 Å². The first-order valence-corrected chi connectivity index (χ1v) is 6.26. The van der Waals surface area contributed by atoms with Gasteiger partial charge in [0.1, 0.15) is 6.04 Å². The van der Waals surface area contributed by atoms with Crippen LogP contribution in [0.25, 0.3) is 0 Å². The molecule has 100 valence electrons. The Morgan fingerprint density at radius 3 is 2.61 bits per heavy atom. The van der Waals surface area contributed by atoms with Crippen LogP contribution in [-0.4, -0.2) is 39.3 Å². The predicted molar refractivity (Wildman–Crippen MR) is 73.8 cm³/mol.